The van der Waals surface area contributed by atoms with E-state index in [1.807, 2.05) is 20.8 Å². The smallest absolute Gasteiger partial charge is 0.181 e. The van der Waals surface area contributed by atoms with E-state index in [-0.39, 0.29) is 16.2 Å². The van der Waals surface area contributed by atoms with Crippen molar-refractivity contribution in [3.63, 3.8) is 0 Å². The fourth-order valence-electron chi connectivity index (χ4n) is 3.21. The van der Waals surface area contributed by atoms with Gasteiger partial charge in [-0.15, -0.1) is 4.72 Å². The highest BCUT2D eigenvalue weighted by Gasteiger charge is 2.52. The van der Waals surface area contributed by atoms with Gasteiger partial charge in [-0.3, -0.25) is 0 Å². The maximum atomic E-state index is 12.5. The van der Waals surface area contributed by atoms with Gasteiger partial charge < -0.3 is 14.3 Å². The second-order valence-corrected chi connectivity index (χ2v) is 8.88. The van der Waals surface area contributed by atoms with E-state index >= 15 is 0 Å². The zero-order valence-electron chi connectivity index (χ0n) is 12.4. The summed E-state index contributed by atoms with van der Waals surface area (Å²) in [6, 6.07) is 0.0402. The van der Waals surface area contributed by atoms with E-state index in [0.29, 0.717) is 0 Å². The standard InChI is InChI=1S/C14H23N3O2S/c1-13(2,3)20(18)17-12-11-10(19-9-16-11)8-14(12)4-6-15-7-5-14/h9,12,15,17H,4-8H2,1-3H3/t12-,20?/m1/s1. The SMILES string of the molecule is CC(C)(C)[S+]([O-])N[C@@H]1c2ncoc2CC12CCNCC2. The number of nitrogens with zero attached hydrogens (tertiary/aromatic N) is 1. The third kappa shape index (κ3) is 2.39. The third-order valence-electron chi connectivity index (χ3n) is 4.45. The zero-order valence-corrected chi connectivity index (χ0v) is 13.2. The zero-order chi connectivity index (χ0) is 14.4. The van der Waals surface area contributed by atoms with Crippen molar-refractivity contribution in [1.29, 1.82) is 0 Å². The second kappa shape index (κ2) is 5.02. The Morgan fingerprint density at radius 1 is 1.45 bits per heavy atom. The molecular weight excluding hydrogens is 274 g/mol. The van der Waals surface area contributed by atoms with Gasteiger partial charge in [-0.05, 0) is 46.7 Å². The molecule has 2 N–H and O–H groups in total. The largest absolute Gasteiger partial charge is 0.598 e. The summed E-state index contributed by atoms with van der Waals surface area (Å²) in [7, 11) is 0. The molecule has 1 unspecified atom stereocenters. The van der Waals surface area contributed by atoms with Crippen LogP contribution in [0.5, 0.6) is 0 Å². The maximum absolute atomic E-state index is 12.5. The molecule has 2 atom stereocenters. The number of oxazole rings is 1. The number of hydrogen-bond donors (Lipinski definition) is 2. The van der Waals surface area contributed by atoms with Crippen molar-refractivity contribution < 1.29 is 8.97 Å². The van der Waals surface area contributed by atoms with Gasteiger partial charge in [0.25, 0.3) is 0 Å². The van der Waals surface area contributed by atoms with E-state index in [1.54, 1.807) is 0 Å². The Bertz CT molecular complexity index is 477. The Labute approximate surface area is 123 Å². The summed E-state index contributed by atoms with van der Waals surface area (Å²) in [5.41, 5.74) is 1.07. The molecule has 112 valence electrons. The summed E-state index contributed by atoms with van der Waals surface area (Å²) in [5.74, 6) is 0.968. The minimum atomic E-state index is -1.10. The lowest BCUT2D eigenvalue weighted by Gasteiger charge is -2.39. The van der Waals surface area contributed by atoms with Gasteiger partial charge in [-0.1, -0.05) is 0 Å². The van der Waals surface area contributed by atoms with Gasteiger partial charge in [-0.25, -0.2) is 4.98 Å². The quantitative estimate of drug-likeness (QED) is 0.813. The van der Waals surface area contributed by atoms with Gasteiger partial charge in [0.15, 0.2) is 6.39 Å². The van der Waals surface area contributed by atoms with Crippen LogP contribution in [0.2, 0.25) is 0 Å². The molecule has 1 fully saturated rings. The van der Waals surface area contributed by atoms with Gasteiger partial charge in [0.2, 0.25) is 0 Å². The first-order valence-electron chi connectivity index (χ1n) is 7.23. The fourth-order valence-corrected chi connectivity index (χ4v) is 4.14. The highest BCUT2D eigenvalue weighted by Crippen LogP contribution is 2.51. The molecule has 0 bridgehead atoms. The molecule has 1 aromatic rings. The van der Waals surface area contributed by atoms with E-state index < -0.39 is 11.4 Å². The molecule has 1 spiro atoms. The molecule has 0 saturated carbocycles. The fraction of sp³-hybridized carbons (Fsp3) is 0.786. The molecule has 3 rings (SSSR count). The van der Waals surface area contributed by atoms with Gasteiger partial charge in [-0.2, -0.15) is 0 Å². The molecule has 1 aromatic heterocycles. The second-order valence-electron chi connectivity index (χ2n) is 6.88. The van der Waals surface area contributed by atoms with Gasteiger partial charge >= 0.3 is 0 Å². The molecular formula is C14H23N3O2S. The Morgan fingerprint density at radius 3 is 2.80 bits per heavy atom. The van der Waals surface area contributed by atoms with Crippen molar-refractivity contribution >= 4 is 11.4 Å². The van der Waals surface area contributed by atoms with Gasteiger partial charge in [0.05, 0.1) is 0 Å². The van der Waals surface area contributed by atoms with Crippen LogP contribution in [-0.4, -0.2) is 27.4 Å². The number of hydrogen-bond acceptors (Lipinski definition) is 5. The van der Waals surface area contributed by atoms with Crippen LogP contribution in [0.1, 0.15) is 51.1 Å². The van der Waals surface area contributed by atoms with Gasteiger partial charge in [0, 0.05) is 23.2 Å². The summed E-state index contributed by atoms with van der Waals surface area (Å²) in [6.07, 6.45) is 4.55. The van der Waals surface area contributed by atoms with Crippen LogP contribution < -0.4 is 10.0 Å². The van der Waals surface area contributed by atoms with Crippen molar-refractivity contribution in [3.8, 4) is 0 Å². The molecule has 20 heavy (non-hydrogen) atoms. The Kier molecular flexibility index (Phi) is 3.61. The lowest BCUT2D eigenvalue weighted by atomic mass is 9.74. The Morgan fingerprint density at radius 2 is 2.15 bits per heavy atom. The topological polar surface area (TPSA) is 73.1 Å². The van der Waals surface area contributed by atoms with Crippen LogP contribution in [-0.2, 0) is 17.8 Å². The minimum absolute atomic E-state index is 0.0402. The monoisotopic (exact) mass is 297 g/mol. The average Bonchev–Trinajstić information content (AvgIpc) is 2.91. The predicted octanol–water partition coefficient (Wildman–Crippen LogP) is 1.69. The molecule has 2 aliphatic rings. The average molecular weight is 297 g/mol. The third-order valence-corrected chi connectivity index (χ3v) is 6.01. The molecule has 1 aliphatic carbocycles. The van der Waals surface area contributed by atoms with Crippen molar-refractivity contribution in [2.24, 2.45) is 5.41 Å². The van der Waals surface area contributed by atoms with Gasteiger partial charge in [0.1, 0.15) is 22.2 Å². The van der Waals surface area contributed by atoms with E-state index in [9.17, 15) is 4.55 Å². The lowest BCUT2D eigenvalue weighted by Crippen LogP contribution is -2.49. The van der Waals surface area contributed by atoms with E-state index in [4.69, 9.17) is 4.42 Å². The normalized spacial score (nSPS) is 26.7. The van der Waals surface area contributed by atoms with Crippen LogP contribution in [0.4, 0.5) is 0 Å². The molecule has 2 heterocycles. The molecule has 6 heteroatoms. The first kappa shape index (κ1) is 14.4. The van der Waals surface area contributed by atoms with E-state index in [1.165, 1.54) is 6.39 Å². The first-order chi connectivity index (χ1) is 9.42. The van der Waals surface area contributed by atoms with E-state index in [0.717, 1.165) is 43.8 Å². The van der Waals surface area contributed by atoms with Crippen LogP contribution >= 0.6 is 0 Å². The molecule has 0 amide bonds. The maximum Gasteiger partial charge on any atom is 0.181 e. The minimum Gasteiger partial charge on any atom is -0.598 e. The number of piperidine rings is 1. The van der Waals surface area contributed by atoms with Crippen molar-refractivity contribution in [1.82, 2.24) is 15.0 Å². The Balaban J connectivity index is 1.87. The number of fused-ring (bicyclic) bond motifs is 1. The lowest BCUT2D eigenvalue weighted by molar-refractivity contribution is 0.156. The van der Waals surface area contributed by atoms with Crippen molar-refractivity contribution in [2.45, 2.75) is 50.8 Å². The predicted molar refractivity (Wildman–Crippen MR) is 78.5 cm³/mol. The highest BCUT2D eigenvalue weighted by atomic mass is 32.2. The number of aromatic nitrogens is 1. The summed E-state index contributed by atoms with van der Waals surface area (Å²) >= 11 is -1.10. The number of nitrogens with one attached hydrogen (secondary N) is 2. The summed E-state index contributed by atoms with van der Waals surface area (Å²) in [4.78, 5) is 4.38. The van der Waals surface area contributed by atoms with Crippen molar-refractivity contribution in [2.75, 3.05) is 13.1 Å². The molecule has 0 radical (unpaired) electrons. The molecule has 1 aliphatic heterocycles. The van der Waals surface area contributed by atoms with Crippen LogP contribution in [0, 0.1) is 5.41 Å². The van der Waals surface area contributed by atoms with Crippen LogP contribution in [0.25, 0.3) is 0 Å². The van der Waals surface area contributed by atoms with Crippen LogP contribution in [0.3, 0.4) is 0 Å². The summed E-state index contributed by atoms with van der Waals surface area (Å²) in [5, 5.41) is 3.40. The first-order valence-corrected chi connectivity index (χ1v) is 8.38. The molecule has 1 saturated heterocycles. The number of rotatable bonds is 2. The van der Waals surface area contributed by atoms with E-state index in [2.05, 4.69) is 15.0 Å². The molecule has 0 aromatic carbocycles. The summed E-state index contributed by atoms with van der Waals surface area (Å²) in [6.45, 7) is 7.98. The Hall–Kier alpha value is -0.560. The highest BCUT2D eigenvalue weighted by molar-refractivity contribution is 7.90. The summed E-state index contributed by atoms with van der Waals surface area (Å²) < 4.78 is 21.1. The van der Waals surface area contributed by atoms with Crippen molar-refractivity contribution in [3.05, 3.63) is 17.8 Å². The molecule has 5 nitrogen and oxygen atoms in total. The van der Waals surface area contributed by atoms with Crippen LogP contribution in [0.15, 0.2) is 10.8 Å².